The number of nitrogens with zero attached hydrogens (tertiary/aromatic N) is 5. The number of anilines is 1. The number of rotatable bonds is 7. The van der Waals surface area contributed by atoms with E-state index in [2.05, 4.69) is 49.3 Å². The molecule has 0 spiro atoms. The van der Waals surface area contributed by atoms with Gasteiger partial charge in [0.05, 0.1) is 18.3 Å². The van der Waals surface area contributed by atoms with E-state index in [1.807, 2.05) is 43.3 Å². The zero-order chi connectivity index (χ0) is 19.3. The highest BCUT2D eigenvalue weighted by Crippen LogP contribution is 2.26. The van der Waals surface area contributed by atoms with Gasteiger partial charge in [0.2, 0.25) is 0 Å². The molecule has 4 aromatic rings. The van der Waals surface area contributed by atoms with Gasteiger partial charge in [0.25, 0.3) is 5.95 Å². The van der Waals surface area contributed by atoms with E-state index in [-0.39, 0.29) is 0 Å². The monoisotopic (exact) mass is 374 g/mol. The Kier molecular flexibility index (Phi) is 5.14. The summed E-state index contributed by atoms with van der Waals surface area (Å²) < 4.78 is 7.79. The van der Waals surface area contributed by atoms with Crippen LogP contribution in [-0.2, 0) is 6.54 Å². The van der Waals surface area contributed by atoms with E-state index in [1.165, 1.54) is 0 Å². The highest BCUT2D eigenvalue weighted by Gasteiger charge is 2.13. The summed E-state index contributed by atoms with van der Waals surface area (Å²) in [6.45, 7) is 5.57. The molecule has 1 N–H and O–H groups in total. The summed E-state index contributed by atoms with van der Waals surface area (Å²) >= 11 is 0. The number of para-hydroxylation sites is 2. The zero-order valence-electron chi connectivity index (χ0n) is 16.0. The van der Waals surface area contributed by atoms with Gasteiger partial charge in [0.15, 0.2) is 5.65 Å². The number of nitrogens with one attached hydrogen (secondary N) is 1. The molecule has 2 aromatic heterocycles. The third-order valence-electron chi connectivity index (χ3n) is 4.41. The first-order valence-corrected chi connectivity index (χ1v) is 9.44. The van der Waals surface area contributed by atoms with Crippen molar-refractivity contribution in [2.75, 3.05) is 12.0 Å². The number of aromatic nitrogens is 4. The smallest absolute Gasteiger partial charge is 0.265 e. The van der Waals surface area contributed by atoms with Gasteiger partial charge < -0.3 is 9.30 Å². The van der Waals surface area contributed by atoms with Gasteiger partial charge in [-0.15, -0.1) is 10.2 Å². The molecule has 4 rings (SSSR count). The number of fused-ring (bicyclic) bond motifs is 3. The van der Waals surface area contributed by atoms with E-state index in [9.17, 15) is 0 Å². The Morgan fingerprint density at radius 2 is 1.89 bits per heavy atom. The first kappa shape index (κ1) is 17.9. The average Bonchev–Trinajstić information content (AvgIpc) is 3.03. The van der Waals surface area contributed by atoms with E-state index in [4.69, 9.17) is 4.74 Å². The Bertz CT molecular complexity index is 1130. The molecule has 2 aromatic carbocycles. The summed E-state index contributed by atoms with van der Waals surface area (Å²) in [7, 11) is 0. The van der Waals surface area contributed by atoms with Crippen LogP contribution < -0.4 is 10.2 Å². The van der Waals surface area contributed by atoms with Crippen LogP contribution in [0.15, 0.2) is 53.6 Å². The van der Waals surface area contributed by atoms with Crippen molar-refractivity contribution in [1.82, 2.24) is 19.7 Å². The van der Waals surface area contributed by atoms with Gasteiger partial charge in [0, 0.05) is 17.5 Å². The molecule has 7 nitrogen and oxygen atoms in total. The van der Waals surface area contributed by atoms with Crippen molar-refractivity contribution in [1.29, 1.82) is 0 Å². The van der Waals surface area contributed by atoms with Gasteiger partial charge in [-0.3, -0.25) is 0 Å². The molecule has 142 valence electrons. The summed E-state index contributed by atoms with van der Waals surface area (Å²) in [5, 5.41) is 13.9. The van der Waals surface area contributed by atoms with Crippen LogP contribution in [0.1, 0.15) is 25.8 Å². The van der Waals surface area contributed by atoms with E-state index >= 15 is 0 Å². The van der Waals surface area contributed by atoms with Crippen molar-refractivity contribution in [3.8, 4) is 5.75 Å². The van der Waals surface area contributed by atoms with Crippen LogP contribution in [-0.4, -0.2) is 32.6 Å². The highest BCUT2D eigenvalue weighted by atomic mass is 16.5. The fourth-order valence-electron chi connectivity index (χ4n) is 3.23. The van der Waals surface area contributed by atoms with Gasteiger partial charge in [-0.25, -0.2) is 5.43 Å². The minimum Gasteiger partial charge on any atom is -0.493 e. The molecule has 0 saturated carbocycles. The second kappa shape index (κ2) is 8.04. The van der Waals surface area contributed by atoms with E-state index in [0.717, 1.165) is 46.3 Å². The molecule has 28 heavy (non-hydrogen) atoms. The quantitative estimate of drug-likeness (QED) is 0.387. The molecule has 0 amide bonds. The van der Waals surface area contributed by atoms with Crippen molar-refractivity contribution >= 4 is 34.2 Å². The molecule has 0 aliphatic rings. The third-order valence-corrected chi connectivity index (χ3v) is 4.41. The SMILES string of the molecule is CCCn1c2ccccc2c2nnc(N/N=C/c3ccccc3OCC)nc21. The Hall–Kier alpha value is -3.48. The maximum atomic E-state index is 5.61. The highest BCUT2D eigenvalue weighted by molar-refractivity contribution is 6.04. The standard InChI is InChI=1S/C21H22N6O/c1-3-13-27-17-11-7-6-10-16(17)19-20(27)23-21(26-24-19)25-22-14-15-9-5-8-12-18(15)28-4-2/h5-12,14H,3-4,13H2,1-2H3,(H,23,25,26)/b22-14+. The zero-order valence-corrected chi connectivity index (χ0v) is 16.0. The lowest BCUT2D eigenvalue weighted by molar-refractivity contribution is 0.340. The van der Waals surface area contributed by atoms with Crippen LogP contribution in [0.2, 0.25) is 0 Å². The summed E-state index contributed by atoms with van der Waals surface area (Å²) in [5.41, 5.74) is 6.50. The van der Waals surface area contributed by atoms with E-state index in [0.29, 0.717) is 12.6 Å². The normalized spacial score (nSPS) is 11.5. The van der Waals surface area contributed by atoms with Gasteiger partial charge in [0.1, 0.15) is 11.3 Å². The molecule has 0 atom stereocenters. The number of hydrazone groups is 1. The minimum atomic E-state index is 0.359. The first-order chi connectivity index (χ1) is 13.8. The van der Waals surface area contributed by atoms with Crippen molar-refractivity contribution in [3.05, 3.63) is 54.1 Å². The van der Waals surface area contributed by atoms with Crippen LogP contribution in [0.4, 0.5) is 5.95 Å². The summed E-state index contributed by atoms with van der Waals surface area (Å²) in [6, 6.07) is 15.9. The van der Waals surface area contributed by atoms with Gasteiger partial charge in [-0.1, -0.05) is 37.3 Å². The van der Waals surface area contributed by atoms with Crippen molar-refractivity contribution in [2.45, 2.75) is 26.8 Å². The second-order valence-corrected chi connectivity index (χ2v) is 6.32. The third kappa shape index (κ3) is 3.38. The molecule has 0 aliphatic carbocycles. The molecule has 2 heterocycles. The average molecular weight is 374 g/mol. The lowest BCUT2D eigenvalue weighted by atomic mass is 10.2. The molecule has 0 fully saturated rings. The number of ether oxygens (including phenoxy) is 1. The summed E-state index contributed by atoms with van der Waals surface area (Å²) in [5.74, 6) is 1.14. The Labute approximate surface area is 163 Å². The van der Waals surface area contributed by atoms with Crippen LogP contribution in [0.5, 0.6) is 5.75 Å². The fraction of sp³-hybridized carbons (Fsp3) is 0.238. The van der Waals surface area contributed by atoms with Crippen LogP contribution >= 0.6 is 0 Å². The molecule has 7 heteroatoms. The Morgan fingerprint density at radius 3 is 2.75 bits per heavy atom. The van der Waals surface area contributed by atoms with Crippen molar-refractivity contribution in [3.63, 3.8) is 0 Å². The van der Waals surface area contributed by atoms with E-state index < -0.39 is 0 Å². The maximum Gasteiger partial charge on any atom is 0.265 e. The largest absolute Gasteiger partial charge is 0.493 e. The predicted octanol–water partition coefficient (Wildman–Crippen LogP) is 4.23. The molecule has 0 bridgehead atoms. The maximum absolute atomic E-state index is 5.61. The Morgan fingerprint density at radius 1 is 1.07 bits per heavy atom. The van der Waals surface area contributed by atoms with Crippen LogP contribution in [0, 0.1) is 0 Å². The van der Waals surface area contributed by atoms with Crippen LogP contribution in [0.25, 0.3) is 22.1 Å². The predicted molar refractivity (Wildman–Crippen MR) is 112 cm³/mol. The van der Waals surface area contributed by atoms with Gasteiger partial charge in [-0.2, -0.15) is 10.1 Å². The molecule has 0 radical (unpaired) electrons. The van der Waals surface area contributed by atoms with Gasteiger partial charge >= 0.3 is 0 Å². The lowest BCUT2D eigenvalue weighted by Gasteiger charge is -2.06. The fourth-order valence-corrected chi connectivity index (χ4v) is 3.23. The van der Waals surface area contributed by atoms with E-state index in [1.54, 1.807) is 6.21 Å². The molecule has 0 unspecified atom stereocenters. The van der Waals surface area contributed by atoms with Gasteiger partial charge in [-0.05, 0) is 31.5 Å². The number of benzene rings is 2. The number of hydrogen-bond acceptors (Lipinski definition) is 6. The van der Waals surface area contributed by atoms with Crippen LogP contribution in [0.3, 0.4) is 0 Å². The molecule has 0 aliphatic heterocycles. The first-order valence-electron chi connectivity index (χ1n) is 9.44. The lowest BCUT2D eigenvalue weighted by Crippen LogP contribution is -2.03. The summed E-state index contributed by atoms with van der Waals surface area (Å²) in [4.78, 5) is 4.65. The topological polar surface area (TPSA) is 77.2 Å². The minimum absolute atomic E-state index is 0.359. The number of aryl methyl sites for hydroxylation is 1. The molecule has 0 saturated heterocycles. The summed E-state index contributed by atoms with van der Waals surface area (Å²) in [6.07, 6.45) is 2.70. The van der Waals surface area contributed by atoms with Crippen molar-refractivity contribution in [2.24, 2.45) is 5.10 Å². The Balaban J connectivity index is 1.65. The molecular weight excluding hydrogens is 352 g/mol. The molecular formula is C21H22N6O. The number of hydrogen-bond donors (Lipinski definition) is 1. The second-order valence-electron chi connectivity index (χ2n) is 6.32. The van der Waals surface area contributed by atoms with Crippen molar-refractivity contribution < 1.29 is 4.74 Å².